The third-order valence-corrected chi connectivity index (χ3v) is 3.07. The second kappa shape index (κ2) is 8.00. The van der Waals surface area contributed by atoms with Gasteiger partial charge >= 0.3 is 0 Å². The average Bonchev–Trinajstić information content (AvgIpc) is 2.42. The molecule has 0 aliphatic carbocycles. The molecule has 0 amide bonds. The zero-order valence-electron chi connectivity index (χ0n) is 11.8. The highest BCUT2D eigenvalue weighted by molar-refractivity contribution is 5.29. The molecule has 0 aromatic carbocycles. The first kappa shape index (κ1) is 14.9. The standard InChI is InChI=1S/C13H24N4O/c1-5-11(2)17(3)13-15-9-12(10-16-13)8-14-6-7-18-4/h9-11,14H,5-8H2,1-4H3. The number of methoxy groups -OCH3 is 1. The predicted octanol–water partition coefficient (Wildman–Crippen LogP) is 1.45. The van der Waals surface area contributed by atoms with Crippen molar-refractivity contribution >= 4 is 5.95 Å². The van der Waals surface area contributed by atoms with Crippen molar-refractivity contribution in [2.24, 2.45) is 0 Å². The molecule has 1 aromatic heterocycles. The Morgan fingerprint density at radius 1 is 1.39 bits per heavy atom. The van der Waals surface area contributed by atoms with Gasteiger partial charge in [-0.2, -0.15) is 0 Å². The van der Waals surface area contributed by atoms with Gasteiger partial charge in [-0.3, -0.25) is 0 Å². The predicted molar refractivity (Wildman–Crippen MR) is 73.8 cm³/mol. The lowest BCUT2D eigenvalue weighted by Crippen LogP contribution is -2.29. The van der Waals surface area contributed by atoms with Crippen molar-refractivity contribution in [3.05, 3.63) is 18.0 Å². The summed E-state index contributed by atoms with van der Waals surface area (Å²) in [7, 11) is 3.73. The van der Waals surface area contributed by atoms with Crippen molar-refractivity contribution < 1.29 is 4.74 Å². The fraction of sp³-hybridized carbons (Fsp3) is 0.692. The molecule has 0 radical (unpaired) electrons. The molecule has 0 saturated carbocycles. The van der Waals surface area contributed by atoms with E-state index in [1.807, 2.05) is 19.4 Å². The Hall–Kier alpha value is -1.20. The van der Waals surface area contributed by atoms with Crippen molar-refractivity contribution in [3.63, 3.8) is 0 Å². The number of anilines is 1. The lowest BCUT2D eigenvalue weighted by molar-refractivity contribution is 0.199. The highest BCUT2D eigenvalue weighted by atomic mass is 16.5. The molecule has 1 unspecified atom stereocenters. The van der Waals surface area contributed by atoms with Crippen LogP contribution in [0.2, 0.25) is 0 Å². The largest absolute Gasteiger partial charge is 0.383 e. The van der Waals surface area contributed by atoms with Crippen LogP contribution in [0.15, 0.2) is 12.4 Å². The Labute approximate surface area is 110 Å². The topological polar surface area (TPSA) is 50.3 Å². The van der Waals surface area contributed by atoms with E-state index in [0.717, 1.165) is 37.6 Å². The van der Waals surface area contributed by atoms with Crippen molar-refractivity contribution in [2.75, 3.05) is 32.2 Å². The number of aromatic nitrogens is 2. The van der Waals surface area contributed by atoms with Crippen molar-refractivity contribution in [1.82, 2.24) is 15.3 Å². The fourth-order valence-corrected chi connectivity index (χ4v) is 1.50. The third-order valence-electron chi connectivity index (χ3n) is 3.07. The summed E-state index contributed by atoms with van der Waals surface area (Å²) in [6, 6.07) is 0.454. The molecular weight excluding hydrogens is 228 g/mol. The maximum absolute atomic E-state index is 4.97. The van der Waals surface area contributed by atoms with Crippen molar-refractivity contribution in [2.45, 2.75) is 32.9 Å². The second-order valence-corrected chi connectivity index (χ2v) is 4.43. The molecule has 1 heterocycles. The molecule has 1 atom stereocenters. The first-order chi connectivity index (χ1) is 8.69. The van der Waals surface area contributed by atoms with Crippen LogP contribution >= 0.6 is 0 Å². The summed E-state index contributed by atoms with van der Waals surface area (Å²) in [4.78, 5) is 10.9. The van der Waals surface area contributed by atoms with Gasteiger partial charge in [-0.25, -0.2) is 9.97 Å². The minimum Gasteiger partial charge on any atom is -0.383 e. The zero-order chi connectivity index (χ0) is 13.4. The number of nitrogens with one attached hydrogen (secondary N) is 1. The van der Waals surface area contributed by atoms with Gasteiger partial charge in [0, 0.05) is 51.2 Å². The summed E-state index contributed by atoms with van der Waals surface area (Å²) in [6.07, 6.45) is 4.84. The van der Waals surface area contributed by atoms with Gasteiger partial charge in [-0.05, 0) is 13.3 Å². The molecule has 0 fully saturated rings. The Balaban J connectivity index is 2.47. The molecule has 102 valence electrons. The zero-order valence-corrected chi connectivity index (χ0v) is 11.8. The normalized spacial score (nSPS) is 12.4. The van der Waals surface area contributed by atoms with Gasteiger partial charge in [-0.15, -0.1) is 0 Å². The molecule has 5 nitrogen and oxygen atoms in total. The number of nitrogens with zero attached hydrogens (tertiary/aromatic N) is 3. The van der Waals surface area contributed by atoms with Gasteiger partial charge in [0.2, 0.25) is 5.95 Å². The number of hydrogen-bond donors (Lipinski definition) is 1. The summed E-state index contributed by atoms with van der Waals surface area (Å²) in [5.74, 6) is 0.782. The molecule has 0 aliphatic rings. The molecule has 18 heavy (non-hydrogen) atoms. The highest BCUT2D eigenvalue weighted by Crippen LogP contribution is 2.10. The van der Waals surface area contributed by atoms with Gasteiger partial charge in [0.05, 0.1) is 6.61 Å². The van der Waals surface area contributed by atoms with Crippen LogP contribution in [-0.2, 0) is 11.3 Å². The molecule has 0 bridgehead atoms. The maximum atomic E-state index is 4.97. The Morgan fingerprint density at radius 3 is 2.61 bits per heavy atom. The maximum Gasteiger partial charge on any atom is 0.225 e. The van der Waals surface area contributed by atoms with Crippen LogP contribution in [0.25, 0.3) is 0 Å². The van der Waals surface area contributed by atoms with E-state index >= 15 is 0 Å². The molecule has 1 aromatic rings. The smallest absolute Gasteiger partial charge is 0.225 e. The minimum atomic E-state index is 0.454. The van der Waals surface area contributed by atoms with E-state index in [1.54, 1.807) is 7.11 Å². The number of ether oxygens (including phenoxy) is 1. The summed E-state index contributed by atoms with van der Waals surface area (Å²) in [5, 5.41) is 3.27. The van der Waals surface area contributed by atoms with Crippen molar-refractivity contribution in [1.29, 1.82) is 0 Å². The van der Waals surface area contributed by atoms with Crippen LogP contribution in [0.3, 0.4) is 0 Å². The molecule has 0 aliphatic heterocycles. The van der Waals surface area contributed by atoms with Gasteiger partial charge in [0.25, 0.3) is 0 Å². The summed E-state index contributed by atoms with van der Waals surface area (Å²) in [5.41, 5.74) is 1.09. The van der Waals surface area contributed by atoms with Crippen LogP contribution in [0, 0.1) is 0 Å². The summed E-state index contributed by atoms with van der Waals surface area (Å²) < 4.78 is 4.97. The molecule has 1 rings (SSSR count). The van der Waals surface area contributed by atoms with Gasteiger partial charge < -0.3 is 15.0 Å². The Morgan fingerprint density at radius 2 is 2.06 bits per heavy atom. The van der Waals surface area contributed by atoms with E-state index in [-0.39, 0.29) is 0 Å². The summed E-state index contributed by atoms with van der Waals surface area (Å²) in [6.45, 7) is 6.66. The number of hydrogen-bond acceptors (Lipinski definition) is 5. The summed E-state index contributed by atoms with van der Waals surface area (Å²) >= 11 is 0. The Kier molecular flexibility index (Phi) is 6.60. The first-order valence-corrected chi connectivity index (χ1v) is 6.42. The molecular formula is C13H24N4O. The molecule has 0 spiro atoms. The number of rotatable bonds is 8. The van der Waals surface area contributed by atoms with E-state index < -0.39 is 0 Å². The van der Waals surface area contributed by atoms with E-state index in [9.17, 15) is 0 Å². The second-order valence-electron chi connectivity index (χ2n) is 4.43. The van der Waals surface area contributed by atoms with E-state index in [0.29, 0.717) is 6.04 Å². The van der Waals surface area contributed by atoms with Crippen LogP contribution in [-0.4, -0.2) is 43.3 Å². The minimum absolute atomic E-state index is 0.454. The monoisotopic (exact) mass is 252 g/mol. The molecule has 1 N–H and O–H groups in total. The lowest BCUT2D eigenvalue weighted by atomic mass is 10.2. The average molecular weight is 252 g/mol. The quantitative estimate of drug-likeness (QED) is 0.710. The third kappa shape index (κ3) is 4.58. The fourth-order valence-electron chi connectivity index (χ4n) is 1.50. The van der Waals surface area contributed by atoms with Crippen LogP contribution in [0.4, 0.5) is 5.95 Å². The van der Waals surface area contributed by atoms with Crippen molar-refractivity contribution in [3.8, 4) is 0 Å². The molecule has 5 heteroatoms. The van der Waals surface area contributed by atoms with E-state index in [4.69, 9.17) is 4.74 Å². The Bertz CT molecular complexity index is 328. The van der Waals surface area contributed by atoms with Gasteiger partial charge in [-0.1, -0.05) is 6.92 Å². The van der Waals surface area contributed by atoms with Gasteiger partial charge in [0.15, 0.2) is 0 Å². The van der Waals surface area contributed by atoms with E-state index in [2.05, 4.69) is 34.0 Å². The van der Waals surface area contributed by atoms with E-state index in [1.165, 1.54) is 0 Å². The van der Waals surface area contributed by atoms with Crippen LogP contribution in [0.5, 0.6) is 0 Å². The highest BCUT2D eigenvalue weighted by Gasteiger charge is 2.09. The van der Waals surface area contributed by atoms with Gasteiger partial charge in [0.1, 0.15) is 0 Å². The molecule has 0 saturated heterocycles. The lowest BCUT2D eigenvalue weighted by Gasteiger charge is -2.23. The van der Waals surface area contributed by atoms with Crippen LogP contribution < -0.4 is 10.2 Å². The van der Waals surface area contributed by atoms with Crippen LogP contribution in [0.1, 0.15) is 25.8 Å². The SMILES string of the molecule is CCC(C)N(C)c1ncc(CNCCOC)cn1. The first-order valence-electron chi connectivity index (χ1n) is 6.42.